The smallest absolute Gasteiger partial charge is 0.153 e. The van der Waals surface area contributed by atoms with Crippen molar-refractivity contribution in [3.05, 3.63) is 34.3 Å². The molecule has 2 nitrogen and oxygen atoms in total. The van der Waals surface area contributed by atoms with Crippen LogP contribution in [0.1, 0.15) is 10.6 Å². The van der Waals surface area contributed by atoms with Crippen LogP contribution >= 0.6 is 22.9 Å². The zero-order valence-electron chi connectivity index (χ0n) is 8.30. The average Bonchev–Trinajstić information content (AvgIpc) is 2.73. The Hall–Kier alpha value is -1.07. The van der Waals surface area contributed by atoms with E-state index in [0.29, 0.717) is 10.6 Å². The quantitative estimate of drug-likeness (QED) is 0.772. The van der Waals surface area contributed by atoms with E-state index in [4.69, 9.17) is 11.6 Å². The lowest BCUT2D eigenvalue weighted by molar-refractivity contribution is 0.583. The molecule has 16 heavy (non-hydrogen) atoms. The molecule has 1 heterocycles. The van der Waals surface area contributed by atoms with Gasteiger partial charge in [-0.2, -0.15) is 0 Å². The summed E-state index contributed by atoms with van der Waals surface area (Å²) in [5.74, 6) is -1.05. The molecule has 0 radical (unpaired) electrons. The minimum Gasteiger partial charge on any atom is -0.206 e. The van der Waals surface area contributed by atoms with E-state index in [1.165, 1.54) is 12.1 Å². The van der Waals surface area contributed by atoms with E-state index in [9.17, 15) is 8.78 Å². The maximum atomic E-state index is 13.7. The second kappa shape index (κ2) is 4.43. The Labute approximate surface area is 99.9 Å². The summed E-state index contributed by atoms with van der Waals surface area (Å²) in [6.45, 7) is 1.57. The Bertz CT molecular complexity index is 528. The second-order valence-corrected chi connectivity index (χ2v) is 4.52. The van der Waals surface area contributed by atoms with Crippen molar-refractivity contribution in [3.63, 3.8) is 0 Å². The number of hydrogen-bond acceptors (Lipinski definition) is 3. The van der Waals surface area contributed by atoms with Gasteiger partial charge in [0.1, 0.15) is 16.6 Å². The standard InChI is InChI=1S/C10H7ClF2N2S/c1-5-2-3-6(12)8(9(5)13)10-15-14-7(4-11)16-10/h2-3H,4H2,1H3. The summed E-state index contributed by atoms with van der Waals surface area (Å²) < 4.78 is 27.2. The number of aromatic nitrogens is 2. The summed E-state index contributed by atoms with van der Waals surface area (Å²) in [4.78, 5) is 0. The van der Waals surface area contributed by atoms with Crippen molar-refractivity contribution in [2.75, 3.05) is 0 Å². The summed E-state index contributed by atoms with van der Waals surface area (Å²) in [7, 11) is 0. The lowest BCUT2D eigenvalue weighted by Gasteiger charge is -2.02. The van der Waals surface area contributed by atoms with Gasteiger partial charge in [0.15, 0.2) is 5.01 Å². The molecule has 0 fully saturated rings. The monoisotopic (exact) mass is 260 g/mol. The number of rotatable bonds is 2. The van der Waals surface area contributed by atoms with Gasteiger partial charge in [0.2, 0.25) is 0 Å². The minimum atomic E-state index is -0.639. The Morgan fingerprint density at radius 2 is 2.06 bits per heavy atom. The third-order valence-electron chi connectivity index (χ3n) is 2.08. The maximum Gasteiger partial charge on any atom is 0.153 e. The first-order chi connectivity index (χ1) is 7.63. The van der Waals surface area contributed by atoms with Crippen LogP contribution in [0.25, 0.3) is 10.6 Å². The van der Waals surface area contributed by atoms with E-state index >= 15 is 0 Å². The maximum absolute atomic E-state index is 13.7. The Balaban J connectivity index is 2.58. The normalized spacial score (nSPS) is 10.8. The van der Waals surface area contributed by atoms with Crippen molar-refractivity contribution in [2.24, 2.45) is 0 Å². The molecule has 0 spiro atoms. The van der Waals surface area contributed by atoms with E-state index in [0.717, 1.165) is 11.3 Å². The predicted octanol–water partition coefficient (Wildman–Crippen LogP) is 3.53. The van der Waals surface area contributed by atoms with Crippen LogP contribution in [0.5, 0.6) is 0 Å². The first-order valence-electron chi connectivity index (χ1n) is 4.46. The van der Waals surface area contributed by atoms with Gasteiger partial charge in [0.05, 0.1) is 11.4 Å². The molecule has 0 atom stereocenters. The van der Waals surface area contributed by atoms with Gasteiger partial charge in [-0.1, -0.05) is 17.4 Å². The van der Waals surface area contributed by atoms with E-state index in [1.54, 1.807) is 6.92 Å². The number of alkyl halides is 1. The summed E-state index contributed by atoms with van der Waals surface area (Å²) in [5, 5.41) is 8.21. The molecular weight excluding hydrogens is 254 g/mol. The van der Waals surface area contributed by atoms with Crippen LogP contribution in [-0.2, 0) is 5.88 Å². The van der Waals surface area contributed by atoms with Crippen molar-refractivity contribution in [1.82, 2.24) is 10.2 Å². The molecule has 0 N–H and O–H groups in total. The van der Waals surface area contributed by atoms with E-state index < -0.39 is 11.6 Å². The molecule has 2 rings (SSSR count). The molecule has 0 aliphatic carbocycles. The summed E-state index contributed by atoms with van der Waals surface area (Å²) in [6.07, 6.45) is 0. The summed E-state index contributed by atoms with van der Waals surface area (Å²) >= 11 is 6.65. The second-order valence-electron chi connectivity index (χ2n) is 3.19. The molecule has 0 unspecified atom stereocenters. The zero-order valence-corrected chi connectivity index (χ0v) is 9.87. The van der Waals surface area contributed by atoms with Gasteiger partial charge in [-0.15, -0.1) is 21.8 Å². The van der Waals surface area contributed by atoms with Gasteiger partial charge in [-0.25, -0.2) is 8.78 Å². The fourth-order valence-electron chi connectivity index (χ4n) is 1.26. The number of hydrogen-bond donors (Lipinski definition) is 0. The van der Waals surface area contributed by atoms with Crippen LogP contribution in [0.4, 0.5) is 8.78 Å². The van der Waals surface area contributed by atoms with Crippen molar-refractivity contribution in [3.8, 4) is 10.6 Å². The van der Waals surface area contributed by atoms with Gasteiger partial charge in [0, 0.05) is 0 Å². The van der Waals surface area contributed by atoms with Crippen LogP contribution in [-0.4, -0.2) is 10.2 Å². The number of halogens is 3. The highest BCUT2D eigenvalue weighted by Gasteiger charge is 2.17. The highest BCUT2D eigenvalue weighted by atomic mass is 35.5. The first kappa shape index (κ1) is 11.4. The molecule has 0 saturated carbocycles. The van der Waals surface area contributed by atoms with E-state index in [2.05, 4.69) is 10.2 Å². The van der Waals surface area contributed by atoms with Gasteiger partial charge in [-0.05, 0) is 18.6 Å². The fraction of sp³-hybridized carbons (Fsp3) is 0.200. The minimum absolute atomic E-state index is 0.131. The van der Waals surface area contributed by atoms with Gasteiger partial charge in [-0.3, -0.25) is 0 Å². The van der Waals surface area contributed by atoms with E-state index in [-0.39, 0.29) is 16.5 Å². The molecule has 2 aromatic rings. The summed E-state index contributed by atoms with van der Waals surface area (Å²) in [5.41, 5.74) is 0.243. The van der Waals surface area contributed by atoms with E-state index in [1.807, 2.05) is 0 Å². The Kier molecular flexibility index (Phi) is 3.16. The van der Waals surface area contributed by atoms with Crippen LogP contribution in [0, 0.1) is 18.6 Å². The van der Waals surface area contributed by atoms with Crippen LogP contribution < -0.4 is 0 Å². The molecule has 6 heteroatoms. The molecule has 1 aromatic carbocycles. The predicted molar refractivity (Wildman–Crippen MR) is 59.6 cm³/mol. The molecular formula is C10H7ClF2N2S. The highest BCUT2D eigenvalue weighted by Crippen LogP contribution is 2.30. The molecule has 84 valence electrons. The molecule has 1 aromatic heterocycles. The van der Waals surface area contributed by atoms with Crippen LogP contribution in [0.15, 0.2) is 12.1 Å². The molecule has 0 aliphatic heterocycles. The van der Waals surface area contributed by atoms with Crippen LogP contribution in [0.3, 0.4) is 0 Å². The largest absolute Gasteiger partial charge is 0.206 e. The number of benzene rings is 1. The van der Waals surface area contributed by atoms with Gasteiger partial charge in [0.25, 0.3) is 0 Å². The first-order valence-corrected chi connectivity index (χ1v) is 5.82. The molecule has 0 bridgehead atoms. The highest BCUT2D eigenvalue weighted by molar-refractivity contribution is 7.14. The third-order valence-corrected chi connectivity index (χ3v) is 3.43. The third kappa shape index (κ3) is 1.92. The van der Waals surface area contributed by atoms with Gasteiger partial charge < -0.3 is 0 Å². The van der Waals surface area contributed by atoms with Crippen molar-refractivity contribution in [2.45, 2.75) is 12.8 Å². The van der Waals surface area contributed by atoms with Crippen molar-refractivity contribution < 1.29 is 8.78 Å². The Morgan fingerprint density at radius 1 is 1.31 bits per heavy atom. The number of aryl methyl sites for hydroxylation is 1. The lowest BCUT2D eigenvalue weighted by atomic mass is 10.1. The SMILES string of the molecule is Cc1ccc(F)c(-c2nnc(CCl)s2)c1F. The molecule has 0 aliphatic rings. The average molecular weight is 261 g/mol. The molecule has 0 saturated heterocycles. The lowest BCUT2D eigenvalue weighted by Crippen LogP contribution is -1.92. The van der Waals surface area contributed by atoms with Crippen LogP contribution in [0.2, 0.25) is 0 Å². The summed E-state index contributed by atoms with van der Waals surface area (Å²) in [6, 6.07) is 2.60. The van der Waals surface area contributed by atoms with Gasteiger partial charge >= 0.3 is 0 Å². The Morgan fingerprint density at radius 3 is 2.69 bits per heavy atom. The van der Waals surface area contributed by atoms with Crippen molar-refractivity contribution >= 4 is 22.9 Å². The zero-order chi connectivity index (χ0) is 11.7. The van der Waals surface area contributed by atoms with Crippen molar-refractivity contribution in [1.29, 1.82) is 0 Å². The fourth-order valence-corrected chi connectivity index (χ4v) is 2.21. The number of nitrogens with zero attached hydrogens (tertiary/aromatic N) is 2. The topological polar surface area (TPSA) is 25.8 Å². The molecule has 0 amide bonds.